The van der Waals surface area contributed by atoms with Crippen molar-refractivity contribution in [3.8, 4) is 11.1 Å². The smallest absolute Gasteiger partial charge is 0.338 e. The number of benzene rings is 2. The molecule has 182 valence electrons. The van der Waals surface area contributed by atoms with Crippen LogP contribution in [0.1, 0.15) is 23.0 Å². The molecule has 1 N–H and O–H groups in total. The van der Waals surface area contributed by atoms with E-state index < -0.39 is 21.8 Å². The van der Waals surface area contributed by atoms with Gasteiger partial charge in [0.05, 0.1) is 23.6 Å². The SMILES string of the molecule is CCOC(=O)c1cccc(-c2c(C)n(C/C(F)=C/CNCl)c3ccc(S(=O)(=O)N(C)C)cc23)c1. The summed E-state index contributed by atoms with van der Waals surface area (Å²) in [5, 5.41) is 0.629. The summed E-state index contributed by atoms with van der Waals surface area (Å²) >= 11 is 5.44. The van der Waals surface area contributed by atoms with Gasteiger partial charge in [0.1, 0.15) is 5.83 Å². The summed E-state index contributed by atoms with van der Waals surface area (Å²) in [6, 6.07) is 11.7. The molecule has 0 radical (unpaired) electrons. The van der Waals surface area contributed by atoms with E-state index in [1.54, 1.807) is 41.8 Å². The summed E-state index contributed by atoms with van der Waals surface area (Å²) in [5.74, 6) is -0.853. The van der Waals surface area contributed by atoms with Crippen molar-refractivity contribution in [2.24, 2.45) is 0 Å². The zero-order chi connectivity index (χ0) is 25.0. The Morgan fingerprint density at radius 1 is 1.24 bits per heavy atom. The second kappa shape index (κ2) is 10.7. The molecular formula is C24H27ClFN3O4S. The van der Waals surface area contributed by atoms with E-state index in [4.69, 9.17) is 16.5 Å². The summed E-state index contributed by atoms with van der Waals surface area (Å²) in [7, 11) is -0.767. The molecule has 1 heterocycles. The number of rotatable bonds is 9. The second-order valence-corrected chi connectivity index (χ2v) is 10.2. The number of carbonyl (C=O) groups excluding carboxylic acids is 1. The van der Waals surface area contributed by atoms with Crippen molar-refractivity contribution in [3.63, 3.8) is 0 Å². The number of hydrogen-bond acceptors (Lipinski definition) is 5. The van der Waals surface area contributed by atoms with E-state index in [-0.39, 0.29) is 24.6 Å². The fraction of sp³-hybridized carbons (Fsp3) is 0.292. The number of fused-ring (bicyclic) bond motifs is 1. The van der Waals surface area contributed by atoms with Crippen molar-refractivity contribution in [2.45, 2.75) is 25.3 Å². The molecule has 10 heteroatoms. The molecule has 0 atom stereocenters. The first-order chi connectivity index (χ1) is 16.1. The number of nitrogens with one attached hydrogen (secondary N) is 1. The molecule has 1 aromatic heterocycles. The molecule has 0 spiro atoms. The first-order valence-electron chi connectivity index (χ1n) is 10.6. The first-order valence-corrected chi connectivity index (χ1v) is 12.4. The standard InChI is InChI=1S/C24H27ClFN3O4S/c1-5-33-24(30)18-8-6-7-17(13-18)23-16(2)29(15-19(26)11-12-27-25)22-10-9-20(14-21(22)23)34(31,32)28(3)4/h6-11,13-14,27H,5,12,15H2,1-4H3/b19-11-. The van der Waals surface area contributed by atoms with Crippen LogP contribution in [0.2, 0.25) is 0 Å². The molecule has 34 heavy (non-hydrogen) atoms. The highest BCUT2D eigenvalue weighted by Gasteiger charge is 2.22. The zero-order valence-corrected chi connectivity index (χ0v) is 21.0. The Labute approximate surface area is 203 Å². The number of aromatic nitrogens is 1. The van der Waals surface area contributed by atoms with Crippen LogP contribution >= 0.6 is 11.8 Å². The van der Waals surface area contributed by atoms with Crippen molar-refractivity contribution < 1.29 is 22.3 Å². The van der Waals surface area contributed by atoms with Crippen LogP contribution in [0.25, 0.3) is 22.0 Å². The van der Waals surface area contributed by atoms with Gasteiger partial charge in [-0.15, -0.1) is 0 Å². The van der Waals surface area contributed by atoms with E-state index in [9.17, 15) is 17.6 Å². The van der Waals surface area contributed by atoms with Gasteiger partial charge in [0.2, 0.25) is 10.0 Å². The Hall–Kier alpha value is -2.72. The van der Waals surface area contributed by atoms with Crippen molar-refractivity contribution in [3.05, 3.63) is 65.6 Å². The second-order valence-electron chi connectivity index (χ2n) is 7.80. The van der Waals surface area contributed by atoms with Gasteiger partial charge in [-0.25, -0.2) is 26.7 Å². The molecule has 0 aliphatic carbocycles. The molecule has 0 fully saturated rings. The lowest BCUT2D eigenvalue weighted by Gasteiger charge is -2.12. The summed E-state index contributed by atoms with van der Waals surface area (Å²) in [4.78, 5) is 14.8. The minimum absolute atomic E-state index is 0.0573. The summed E-state index contributed by atoms with van der Waals surface area (Å²) in [6.07, 6.45) is 1.34. The van der Waals surface area contributed by atoms with E-state index in [1.165, 1.54) is 26.2 Å². The van der Waals surface area contributed by atoms with Crippen LogP contribution in [-0.2, 0) is 21.3 Å². The molecule has 0 aliphatic rings. The Balaban J connectivity index is 2.28. The zero-order valence-electron chi connectivity index (χ0n) is 19.4. The van der Waals surface area contributed by atoms with Gasteiger partial charge in [0.25, 0.3) is 0 Å². The van der Waals surface area contributed by atoms with Crippen LogP contribution in [0.5, 0.6) is 0 Å². The Kier molecular flexibility index (Phi) is 8.14. The molecule has 0 saturated carbocycles. The third kappa shape index (κ3) is 5.17. The lowest BCUT2D eigenvalue weighted by molar-refractivity contribution is 0.0526. The number of carbonyl (C=O) groups is 1. The van der Waals surface area contributed by atoms with Gasteiger partial charge in [-0.3, -0.25) is 0 Å². The number of allylic oxidation sites excluding steroid dienone is 1. The minimum Gasteiger partial charge on any atom is -0.462 e. The number of halogens is 2. The number of esters is 1. The van der Waals surface area contributed by atoms with E-state index in [1.807, 2.05) is 13.0 Å². The summed E-state index contributed by atoms with van der Waals surface area (Å²) in [5.41, 5.74) is 3.15. The number of nitrogens with zero attached hydrogens (tertiary/aromatic N) is 2. The predicted molar refractivity (Wildman–Crippen MR) is 132 cm³/mol. The van der Waals surface area contributed by atoms with E-state index in [0.717, 1.165) is 10.00 Å². The monoisotopic (exact) mass is 507 g/mol. The predicted octanol–water partition coefficient (Wildman–Crippen LogP) is 4.64. The fourth-order valence-corrected chi connectivity index (χ4v) is 4.79. The molecule has 0 saturated heterocycles. The van der Waals surface area contributed by atoms with Crippen LogP contribution in [0.4, 0.5) is 4.39 Å². The van der Waals surface area contributed by atoms with Gasteiger partial charge < -0.3 is 9.30 Å². The minimum atomic E-state index is -3.69. The molecule has 0 aliphatic heterocycles. The van der Waals surface area contributed by atoms with Gasteiger partial charge in [-0.2, -0.15) is 0 Å². The summed E-state index contributed by atoms with van der Waals surface area (Å²) < 4.78 is 48.2. The maximum atomic E-state index is 14.6. The van der Waals surface area contributed by atoms with Crippen LogP contribution in [-0.4, -0.2) is 50.5 Å². The van der Waals surface area contributed by atoms with Gasteiger partial charge in [0, 0.05) is 42.8 Å². The van der Waals surface area contributed by atoms with Crippen molar-refractivity contribution in [1.29, 1.82) is 0 Å². The fourth-order valence-electron chi connectivity index (χ4n) is 3.78. The van der Waals surface area contributed by atoms with Crippen molar-refractivity contribution in [2.75, 3.05) is 27.2 Å². The maximum Gasteiger partial charge on any atom is 0.338 e. The topological polar surface area (TPSA) is 80.6 Å². The van der Waals surface area contributed by atoms with Crippen molar-refractivity contribution >= 4 is 38.7 Å². The third-order valence-corrected chi connectivity index (χ3v) is 7.41. The molecule has 0 unspecified atom stereocenters. The molecule has 0 amide bonds. The van der Waals surface area contributed by atoms with Crippen LogP contribution in [0.3, 0.4) is 0 Å². The number of sulfonamides is 1. The third-order valence-electron chi connectivity index (χ3n) is 5.45. The Bertz CT molecular complexity index is 1350. The molecule has 3 aromatic rings. The first kappa shape index (κ1) is 25.9. The molecule has 0 bridgehead atoms. The lowest BCUT2D eigenvalue weighted by Crippen LogP contribution is -2.22. The van der Waals surface area contributed by atoms with E-state index in [0.29, 0.717) is 27.6 Å². The van der Waals surface area contributed by atoms with Crippen LogP contribution in [0, 0.1) is 6.92 Å². The molecule has 7 nitrogen and oxygen atoms in total. The molecule has 3 rings (SSSR count). The number of hydrogen-bond donors (Lipinski definition) is 1. The van der Waals surface area contributed by atoms with Gasteiger partial charge in [-0.1, -0.05) is 12.1 Å². The van der Waals surface area contributed by atoms with Crippen molar-refractivity contribution in [1.82, 2.24) is 13.7 Å². The van der Waals surface area contributed by atoms with Gasteiger partial charge in [0.15, 0.2) is 0 Å². The normalized spacial score (nSPS) is 12.5. The maximum absolute atomic E-state index is 14.6. The van der Waals surface area contributed by atoms with Crippen LogP contribution in [0.15, 0.2) is 59.3 Å². The highest BCUT2D eigenvalue weighted by atomic mass is 35.5. The number of ether oxygens (including phenoxy) is 1. The van der Waals surface area contributed by atoms with E-state index in [2.05, 4.69) is 4.84 Å². The quantitative estimate of drug-likeness (QED) is 0.337. The highest BCUT2D eigenvalue weighted by molar-refractivity contribution is 7.89. The highest BCUT2D eigenvalue weighted by Crippen LogP contribution is 2.37. The lowest BCUT2D eigenvalue weighted by atomic mass is 10.00. The van der Waals surface area contributed by atoms with Gasteiger partial charge >= 0.3 is 5.97 Å². The average Bonchev–Trinajstić information content (AvgIpc) is 3.08. The summed E-state index contributed by atoms with van der Waals surface area (Å²) in [6.45, 7) is 3.91. The molecule has 2 aromatic carbocycles. The van der Waals surface area contributed by atoms with Crippen LogP contribution < -0.4 is 4.84 Å². The van der Waals surface area contributed by atoms with Gasteiger partial charge in [-0.05, 0) is 67.6 Å². The largest absolute Gasteiger partial charge is 0.462 e. The Morgan fingerprint density at radius 2 is 1.97 bits per heavy atom. The average molecular weight is 508 g/mol. The van der Waals surface area contributed by atoms with E-state index >= 15 is 0 Å². The molecular weight excluding hydrogens is 481 g/mol. The Morgan fingerprint density at radius 3 is 2.62 bits per heavy atom.